The fourth-order valence-electron chi connectivity index (χ4n) is 2.80. The zero-order chi connectivity index (χ0) is 20.2. The van der Waals surface area contributed by atoms with E-state index in [0.29, 0.717) is 19.4 Å². The van der Waals surface area contributed by atoms with Gasteiger partial charge in [-0.1, -0.05) is 48.8 Å². The molecule has 1 aromatic rings. The predicted octanol–water partition coefficient (Wildman–Crippen LogP) is 5.82. The van der Waals surface area contributed by atoms with Crippen molar-refractivity contribution in [3.8, 4) is 5.75 Å². The number of carbonyl (C=O) groups excluding carboxylic acids is 1. The summed E-state index contributed by atoms with van der Waals surface area (Å²) in [4.78, 5) is 11.2. The van der Waals surface area contributed by atoms with Gasteiger partial charge in [0, 0.05) is 23.2 Å². The SMILES string of the molecule is COc1ccc(CO[C@H]2CC(O[Si](C)(C)C(C)(C)C)=C(Br)[C@@H]2CC=O)cc1. The van der Waals surface area contributed by atoms with Crippen LogP contribution < -0.4 is 4.74 Å². The number of halogens is 1. The molecule has 6 heteroatoms. The van der Waals surface area contributed by atoms with Crippen LogP contribution in [0.1, 0.15) is 39.2 Å². The molecule has 1 aliphatic rings. The van der Waals surface area contributed by atoms with Crippen molar-refractivity contribution < 1.29 is 18.7 Å². The van der Waals surface area contributed by atoms with Gasteiger partial charge in [0.1, 0.15) is 12.0 Å². The molecule has 2 rings (SSSR count). The summed E-state index contributed by atoms with van der Waals surface area (Å²) in [7, 11) is -0.283. The van der Waals surface area contributed by atoms with Gasteiger partial charge in [0.2, 0.25) is 8.32 Å². The first kappa shape index (κ1) is 22.2. The maximum Gasteiger partial charge on any atom is 0.250 e. The number of benzene rings is 1. The van der Waals surface area contributed by atoms with Crippen LogP contribution in [-0.2, 0) is 20.6 Å². The highest BCUT2D eigenvalue weighted by Gasteiger charge is 2.43. The van der Waals surface area contributed by atoms with Gasteiger partial charge in [-0.2, -0.15) is 0 Å². The smallest absolute Gasteiger partial charge is 0.250 e. The van der Waals surface area contributed by atoms with Crippen molar-refractivity contribution >= 4 is 30.5 Å². The fraction of sp³-hybridized carbons (Fsp3) is 0.571. The molecule has 2 atom stereocenters. The average Bonchev–Trinajstić information content (AvgIpc) is 2.88. The molecule has 0 heterocycles. The average molecular weight is 455 g/mol. The molecular weight excluding hydrogens is 424 g/mol. The van der Waals surface area contributed by atoms with Crippen molar-refractivity contribution in [2.24, 2.45) is 5.92 Å². The van der Waals surface area contributed by atoms with Gasteiger partial charge in [-0.3, -0.25) is 0 Å². The molecule has 0 bridgehead atoms. The van der Waals surface area contributed by atoms with Crippen LogP contribution in [-0.4, -0.2) is 27.8 Å². The van der Waals surface area contributed by atoms with E-state index in [1.165, 1.54) is 0 Å². The summed E-state index contributed by atoms with van der Waals surface area (Å²) in [6, 6.07) is 7.85. The minimum absolute atomic E-state index is 0.0144. The van der Waals surface area contributed by atoms with Crippen LogP contribution in [0.3, 0.4) is 0 Å². The number of hydrogen-bond donors (Lipinski definition) is 0. The molecule has 0 spiro atoms. The number of aldehydes is 1. The van der Waals surface area contributed by atoms with E-state index in [-0.39, 0.29) is 17.1 Å². The molecule has 0 saturated carbocycles. The van der Waals surface area contributed by atoms with E-state index < -0.39 is 8.32 Å². The molecule has 27 heavy (non-hydrogen) atoms. The lowest BCUT2D eigenvalue weighted by atomic mass is 10.0. The van der Waals surface area contributed by atoms with Gasteiger partial charge in [0.05, 0.1) is 25.6 Å². The topological polar surface area (TPSA) is 44.8 Å². The van der Waals surface area contributed by atoms with Crippen molar-refractivity contribution in [3.05, 3.63) is 40.1 Å². The van der Waals surface area contributed by atoms with Crippen molar-refractivity contribution in [2.45, 2.75) is 64.5 Å². The van der Waals surface area contributed by atoms with E-state index in [1.807, 2.05) is 24.3 Å². The molecule has 0 N–H and O–H groups in total. The van der Waals surface area contributed by atoms with Crippen molar-refractivity contribution in [1.82, 2.24) is 0 Å². The maximum absolute atomic E-state index is 11.2. The lowest BCUT2D eigenvalue weighted by Gasteiger charge is -2.37. The molecule has 0 amide bonds. The quantitative estimate of drug-likeness (QED) is 0.366. The van der Waals surface area contributed by atoms with E-state index in [1.54, 1.807) is 7.11 Å². The van der Waals surface area contributed by atoms with Crippen LogP contribution in [0.5, 0.6) is 5.75 Å². The molecule has 0 unspecified atom stereocenters. The summed E-state index contributed by atoms with van der Waals surface area (Å²) in [6.07, 6.45) is 2.02. The Labute approximate surface area is 172 Å². The standard InChI is InChI=1S/C21H31BrO4Si/c1-21(2,3)27(5,6)26-19-13-18(17(11-12-23)20(19)22)25-14-15-7-9-16(24-4)10-8-15/h7-10,12,17-18H,11,13-14H2,1-6H3/t17-,18+/m1/s1. The Kier molecular flexibility index (Phi) is 7.33. The van der Waals surface area contributed by atoms with Gasteiger partial charge in [-0.25, -0.2) is 0 Å². The third-order valence-corrected chi connectivity index (χ3v) is 11.0. The summed E-state index contributed by atoms with van der Waals surface area (Å²) < 4.78 is 18.9. The largest absolute Gasteiger partial charge is 0.546 e. The lowest BCUT2D eigenvalue weighted by Crippen LogP contribution is -2.40. The Morgan fingerprint density at radius 1 is 1.22 bits per heavy atom. The monoisotopic (exact) mass is 454 g/mol. The third-order valence-electron chi connectivity index (χ3n) is 5.59. The first-order valence-electron chi connectivity index (χ1n) is 9.34. The molecule has 0 fully saturated rings. The predicted molar refractivity (Wildman–Crippen MR) is 115 cm³/mol. The summed E-state index contributed by atoms with van der Waals surface area (Å²) in [5, 5.41) is 0.121. The van der Waals surface area contributed by atoms with Crippen LogP contribution in [0.15, 0.2) is 34.5 Å². The molecule has 0 aromatic heterocycles. The van der Waals surface area contributed by atoms with E-state index in [4.69, 9.17) is 13.9 Å². The molecular formula is C21H31BrO4Si. The van der Waals surface area contributed by atoms with Crippen LogP contribution in [0.25, 0.3) is 0 Å². The van der Waals surface area contributed by atoms with E-state index in [0.717, 1.165) is 27.8 Å². The molecule has 0 aliphatic heterocycles. The summed E-state index contributed by atoms with van der Waals surface area (Å²) >= 11 is 3.70. The maximum atomic E-state index is 11.2. The lowest BCUT2D eigenvalue weighted by molar-refractivity contribution is -0.109. The van der Waals surface area contributed by atoms with Gasteiger partial charge in [0.25, 0.3) is 0 Å². The Balaban J connectivity index is 2.08. The first-order chi connectivity index (χ1) is 12.6. The van der Waals surface area contributed by atoms with Crippen molar-refractivity contribution in [2.75, 3.05) is 7.11 Å². The van der Waals surface area contributed by atoms with Crippen LogP contribution in [0, 0.1) is 5.92 Å². The highest BCUT2D eigenvalue weighted by Crippen LogP contribution is 2.45. The molecule has 0 saturated heterocycles. The Morgan fingerprint density at radius 3 is 2.37 bits per heavy atom. The second-order valence-corrected chi connectivity index (χ2v) is 14.1. The number of carbonyl (C=O) groups is 1. The molecule has 1 aliphatic carbocycles. The van der Waals surface area contributed by atoms with Gasteiger partial charge >= 0.3 is 0 Å². The van der Waals surface area contributed by atoms with Crippen molar-refractivity contribution in [3.63, 3.8) is 0 Å². The number of methoxy groups -OCH3 is 1. The van der Waals surface area contributed by atoms with Gasteiger partial charge in [0.15, 0.2) is 0 Å². The molecule has 1 aromatic carbocycles. The van der Waals surface area contributed by atoms with Gasteiger partial charge in [-0.15, -0.1) is 0 Å². The van der Waals surface area contributed by atoms with E-state index in [2.05, 4.69) is 49.8 Å². The van der Waals surface area contributed by atoms with Crippen LogP contribution >= 0.6 is 15.9 Å². The second kappa shape index (κ2) is 8.93. The van der Waals surface area contributed by atoms with Crippen LogP contribution in [0.4, 0.5) is 0 Å². The Bertz CT molecular complexity index is 676. The number of ether oxygens (including phenoxy) is 2. The zero-order valence-electron chi connectivity index (χ0n) is 17.2. The normalized spacial score (nSPS) is 20.7. The summed E-state index contributed by atoms with van der Waals surface area (Å²) in [6.45, 7) is 11.6. The number of rotatable bonds is 8. The highest BCUT2D eigenvalue weighted by molar-refractivity contribution is 9.11. The minimum Gasteiger partial charge on any atom is -0.546 e. The number of hydrogen-bond acceptors (Lipinski definition) is 4. The van der Waals surface area contributed by atoms with E-state index in [9.17, 15) is 4.79 Å². The van der Waals surface area contributed by atoms with Crippen LogP contribution in [0.2, 0.25) is 18.1 Å². The van der Waals surface area contributed by atoms with Crippen molar-refractivity contribution in [1.29, 1.82) is 0 Å². The van der Waals surface area contributed by atoms with Gasteiger partial charge in [-0.05, 0) is 35.8 Å². The molecule has 0 radical (unpaired) electrons. The summed E-state index contributed by atoms with van der Waals surface area (Å²) in [5.74, 6) is 1.79. The Morgan fingerprint density at radius 2 is 1.85 bits per heavy atom. The molecule has 150 valence electrons. The summed E-state index contributed by atoms with van der Waals surface area (Å²) in [5.41, 5.74) is 1.08. The zero-order valence-corrected chi connectivity index (χ0v) is 19.8. The Hall–Kier alpha value is -1.11. The fourth-order valence-corrected chi connectivity index (χ4v) is 4.79. The third kappa shape index (κ3) is 5.45. The highest BCUT2D eigenvalue weighted by atomic mass is 79.9. The van der Waals surface area contributed by atoms with E-state index >= 15 is 0 Å². The second-order valence-electron chi connectivity index (χ2n) is 8.54. The first-order valence-corrected chi connectivity index (χ1v) is 13.0. The minimum atomic E-state index is -1.94. The molecule has 4 nitrogen and oxygen atoms in total. The van der Waals surface area contributed by atoms with Gasteiger partial charge < -0.3 is 18.7 Å².